The standard InChI is InChI=1S/C13H20O2/c1-4-10-5-11-7-13(12(11)6-10)14-8(2)9(3)15-13/h6,8-9,11-12H,4-5,7H2,1-3H3/t8-,9-,11-,12-/m1/s1. The van der Waals surface area contributed by atoms with Gasteiger partial charge in [-0.25, -0.2) is 0 Å². The molecule has 1 saturated heterocycles. The summed E-state index contributed by atoms with van der Waals surface area (Å²) in [6.45, 7) is 6.48. The molecule has 0 amide bonds. The Hall–Kier alpha value is -0.340. The van der Waals surface area contributed by atoms with Crippen LogP contribution in [-0.4, -0.2) is 18.0 Å². The van der Waals surface area contributed by atoms with Crippen molar-refractivity contribution in [3.05, 3.63) is 11.6 Å². The van der Waals surface area contributed by atoms with Crippen LogP contribution in [0.1, 0.15) is 40.0 Å². The van der Waals surface area contributed by atoms with E-state index in [0.717, 1.165) is 12.3 Å². The van der Waals surface area contributed by atoms with Gasteiger partial charge >= 0.3 is 0 Å². The quantitative estimate of drug-likeness (QED) is 0.617. The van der Waals surface area contributed by atoms with E-state index in [2.05, 4.69) is 26.8 Å². The van der Waals surface area contributed by atoms with Crippen LogP contribution in [-0.2, 0) is 9.47 Å². The van der Waals surface area contributed by atoms with E-state index in [9.17, 15) is 0 Å². The molecule has 1 spiro atoms. The zero-order chi connectivity index (χ0) is 10.6. The predicted molar refractivity (Wildman–Crippen MR) is 58.4 cm³/mol. The van der Waals surface area contributed by atoms with Crippen molar-refractivity contribution in [1.29, 1.82) is 0 Å². The first-order valence-electron chi connectivity index (χ1n) is 6.20. The van der Waals surface area contributed by atoms with Crippen molar-refractivity contribution in [1.82, 2.24) is 0 Å². The van der Waals surface area contributed by atoms with Gasteiger partial charge in [0.05, 0.1) is 12.2 Å². The summed E-state index contributed by atoms with van der Waals surface area (Å²) >= 11 is 0. The molecule has 2 nitrogen and oxygen atoms in total. The molecule has 3 rings (SSSR count). The first kappa shape index (κ1) is 9.86. The molecule has 84 valence electrons. The van der Waals surface area contributed by atoms with Gasteiger partial charge in [-0.15, -0.1) is 0 Å². The lowest BCUT2D eigenvalue weighted by Crippen LogP contribution is -2.52. The van der Waals surface area contributed by atoms with Crippen LogP contribution in [0.25, 0.3) is 0 Å². The number of rotatable bonds is 1. The predicted octanol–water partition coefficient (Wildman–Crippen LogP) is 2.88. The molecule has 2 fully saturated rings. The minimum Gasteiger partial charge on any atom is -0.344 e. The van der Waals surface area contributed by atoms with Crippen molar-refractivity contribution < 1.29 is 9.47 Å². The van der Waals surface area contributed by atoms with Gasteiger partial charge in [-0.2, -0.15) is 0 Å². The fraction of sp³-hybridized carbons (Fsp3) is 0.846. The number of allylic oxidation sites excluding steroid dienone is 1. The molecule has 0 unspecified atom stereocenters. The Morgan fingerprint density at radius 1 is 1.33 bits per heavy atom. The average Bonchev–Trinajstić information content (AvgIpc) is 2.68. The van der Waals surface area contributed by atoms with Crippen molar-refractivity contribution in [3.63, 3.8) is 0 Å². The Morgan fingerprint density at radius 2 is 2.00 bits per heavy atom. The van der Waals surface area contributed by atoms with Crippen LogP contribution in [0.15, 0.2) is 11.6 Å². The van der Waals surface area contributed by atoms with E-state index < -0.39 is 0 Å². The summed E-state index contributed by atoms with van der Waals surface area (Å²) in [7, 11) is 0. The third-order valence-corrected chi connectivity index (χ3v) is 4.39. The summed E-state index contributed by atoms with van der Waals surface area (Å²) in [5.74, 6) is 1.11. The van der Waals surface area contributed by atoms with E-state index in [-0.39, 0.29) is 18.0 Å². The molecule has 1 heterocycles. The second-order valence-corrected chi connectivity index (χ2v) is 5.33. The van der Waals surface area contributed by atoms with Gasteiger partial charge in [-0.1, -0.05) is 18.6 Å². The average molecular weight is 208 g/mol. The molecule has 2 heteroatoms. The van der Waals surface area contributed by atoms with E-state index in [4.69, 9.17) is 9.47 Å². The lowest BCUT2D eigenvalue weighted by molar-refractivity contribution is -0.269. The molecule has 0 aromatic heterocycles. The summed E-state index contributed by atoms with van der Waals surface area (Å²) in [5.41, 5.74) is 1.60. The smallest absolute Gasteiger partial charge is 0.176 e. The van der Waals surface area contributed by atoms with Crippen LogP contribution in [0.2, 0.25) is 0 Å². The lowest BCUT2D eigenvalue weighted by atomic mass is 9.70. The molecule has 4 atom stereocenters. The molecular weight excluding hydrogens is 188 g/mol. The van der Waals surface area contributed by atoms with E-state index >= 15 is 0 Å². The van der Waals surface area contributed by atoms with Gasteiger partial charge in [-0.05, 0) is 32.6 Å². The molecule has 0 radical (unpaired) electrons. The van der Waals surface area contributed by atoms with Gasteiger partial charge in [0.25, 0.3) is 0 Å². The van der Waals surface area contributed by atoms with Gasteiger partial charge in [-0.3, -0.25) is 0 Å². The maximum atomic E-state index is 6.04. The van der Waals surface area contributed by atoms with E-state index in [1.54, 1.807) is 5.57 Å². The Labute approximate surface area is 91.6 Å². The SMILES string of the molecule is CCC1=C[C@@H]2[C@H](C1)CC21O[C@H](C)[C@@H](C)O1. The number of fused-ring (bicyclic) bond motifs is 2. The Kier molecular flexibility index (Phi) is 2.02. The van der Waals surface area contributed by atoms with Gasteiger partial charge in [0.2, 0.25) is 0 Å². The number of hydrogen-bond acceptors (Lipinski definition) is 2. The summed E-state index contributed by atoms with van der Waals surface area (Å²) in [5, 5.41) is 0. The topological polar surface area (TPSA) is 18.5 Å². The highest BCUT2D eigenvalue weighted by molar-refractivity contribution is 5.23. The van der Waals surface area contributed by atoms with Crippen LogP contribution >= 0.6 is 0 Å². The fourth-order valence-corrected chi connectivity index (χ4v) is 3.31. The first-order chi connectivity index (χ1) is 7.14. The molecule has 2 aliphatic carbocycles. The van der Waals surface area contributed by atoms with Gasteiger partial charge in [0, 0.05) is 12.3 Å². The monoisotopic (exact) mass is 208 g/mol. The van der Waals surface area contributed by atoms with Crippen molar-refractivity contribution in [2.75, 3.05) is 0 Å². The van der Waals surface area contributed by atoms with Crippen LogP contribution in [0.3, 0.4) is 0 Å². The second kappa shape index (κ2) is 3.08. The van der Waals surface area contributed by atoms with Crippen molar-refractivity contribution in [3.8, 4) is 0 Å². The minimum atomic E-state index is -0.236. The van der Waals surface area contributed by atoms with E-state index in [0.29, 0.717) is 5.92 Å². The van der Waals surface area contributed by atoms with Gasteiger partial charge in [0.15, 0.2) is 5.79 Å². The zero-order valence-electron chi connectivity index (χ0n) is 9.82. The van der Waals surface area contributed by atoms with E-state index in [1.807, 2.05) is 0 Å². The summed E-state index contributed by atoms with van der Waals surface area (Å²) in [6, 6.07) is 0. The number of hydrogen-bond donors (Lipinski definition) is 0. The highest BCUT2D eigenvalue weighted by Crippen LogP contribution is 2.58. The van der Waals surface area contributed by atoms with Crippen LogP contribution < -0.4 is 0 Å². The Morgan fingerprint density at radius 3 is 2.60 bits per heavy atom. The fourth-order valence-electron chi connectivity index (χ4n) is 3.31. The Balaban J connectivity index is 1.79. The van der Waals surface area contributed by atoms with Crippen LogP contribution in [0.4, 0.5) is 0 Å². The second-order valence-electron chi connectivity index (χ2n) is 5.33. The largest absolute Gasteiger partial charge is 0.344 e. The van der Waals surface area contributed by atoms with Gasteiger partial charge < -0.3 is 9.47 Å². The summed E-state index contributed by atoms with van der Waals surface area (Å²) in [6.07, 6.45) is 6.49. The molecule has 0 bridgehead atoms. The molecule has 15 heavy (non-hydrogen) atoms. The molecule has 0 aromatic rings. The molecule has 1 saturated carbocycles. The highest BCUT2D eigenvalue weighted by Gasteiger charge is 2.61. The third kappa shape index (κ3) is 1.24. The minimum absolute atomic E-state index is 0.236. The summed E-state index contributed by atoms with van der Waals surface area (Å²) < 4.78 is 12.1. The van der Waals surface area contributed by atoms with Crippen molar-refractivity contribution in [2.24, 2.45) is 11.8 Å². The Bertz CT molecular complexity index is 298. The molecule has 0 N–H and O–H groups in total. The number of ether oxygens (including phenoxy) is 2. The maximum absolute atomic E-state index is 6.04. The van der Waals surface area contributed by atoms with E-state index in [1.165, 1.54) is 12.8 Å². The van der Waals surface area contributed by atoms with Crippen LogP contribution in [0, 0.1) is 11.8 Å². The van der Waals surface area contributed by atoms with Gasteiger partial charge in [0.1, 0.15) is 0 Å². The van der Waals surface area contributed by atoms with Crippen LogP contribution in [0.5, 0.6) is 0 Å². The highest BCUT2D eigenvalue weighted by atomic mass is 16.8. The lowest BCUT2D eigenvalue weighted by Gasteiger charge is -2.47. The normalized spacial score (nSPS) is 46.5. The third-order valence-electron chi connectivity index (χ3n) is 4.39. The molecular formula is C13H20O2. The first-order valence-corrected chi connectivity index (χ1v) is 6.20. The van der Waals surface area contributed by atoms with Crippen molar-refractivity contribution in [2.45, 2.75) is 58.0 Å². The maximum Gasteiger partial charge on any atom is 0.176 e. The molecule has 1 aliphatic heterocycles. The molecule has 3 aliphatic rings. The summed E-state index contributed by atoms with van der Waals surface area (Å²) in [4.78, 5) is 0. The zero-order valence-corrected chi connectivity index (χ0v) is 9.82. The molecule has 0 aromatic carbocycles. The van der Waals surface area contributed by atoms with Crippen molar-refractivity contribution >= 4 is 0 Å².